The molecule has 0 saturated carbocycles. The zero-order chi connectivity index (χ0) is 12.7. The minimum atomic E-state index is 0.0760. The summed E-state index contributed by atoms with van der Waals surface area (Å²) in [5.41, 5.74) is 1.79. The van der Waals surface area contributed by atoms with Crippen LogP contribution >= 0.6 is 0 Å². The maximum Gasteiger partial charge on any atom is 0.253 e. The lowest BCUT2D eigenvalue weighted by Gasteiger charge is -2.18. The molecule has 0 fully saturated rings. The topological polar surface area (TPSA) is 40.5 Å². The summed E-state index contributed by atoms with van der Waals surface area (Å²) in [4.78, 5) is 13.9. The molecule has 0 aliphatic heterocycles. The Bertz CT molecular complexity index is 363. The SMILES string of the molecule is Cc1ccccc1C(=O)N(C)CCCCCO. The van der Waals surface area contributed by atoms with Crippen molar-refractivity contribution in [1.82, 2.24) is 4.90 Å². The number of carbonyl (C=O) groups excluding carboxylic acids is 1. The second-order valence-corrected chi connectivity index (χ2v) is 4.33. The van der Waals surface area contributed by atoms with Gasteiger partial charge in [0.2, 0.25) is 0 Å². The molecule has 1 rings (SSSR count). The number of hydrogen-bond donors (Lipinski definition) is 1. The van der Waals surface area contributed by atoms with E-state index in [1.165, 1.54) is 0 Å². The summed E-state index contributed by atoms with van der Waals surface area (Å²) in [5, 5.41) is 8.67. The first-order chi connectivity index (χ1) is 8.16. The minimum absolute atomic E-state index is 0.0760. The van der Waals surface area contributed by atoms with Crippen LogP contribution in [0.1, 0.15) is 35.2 Å². The molecule has 1 N–H and O–H groups in total. The summed E-state index contributed by atoms with van der Waals surface area (Å²) >= 11 is 0. The number of rotatable bonds is 6. The van der Waals surface area contributed by atoms with Gasteiger partial charge in [0.25, 0.3) is 5.91 Å². The van der Waals surface area contributed by atoms with Crippen LogP contribution in [0.4, 0.5) is 0 Å². The largest absolute Gasteiger partial charge is 0.396 e. The molecule has 0 spiro atoms. The Hall–Kier alpha value is -1.35. The van der Waals surface area contributed by atoms with Gasteiger partial charge in [-0.3, -0.25) is 4.79 Å². The highest BCUT2D eigenvalue weighted by molar-refractivity contribution is 5.95. The highest BCUT2D eigenvalue weighted by atomic mass is 16.2. The molecule has 0 aromatic heterocycles. The van der Waals surface area contributed by atoms with Crippen molar-refractivity contribution in [3.63, 3.8) is 0 Å². The van der Waals surface area contributed by atoms with Gasteiger partial charge < -0.3 is 10.0 Å². The second-order valence-electron chi connectivity index (χ2n) is 4.33. The van der Waals surface area contributed by atoms with Gasteiger partial charge in [0.05, 0.1) is 0 Å². The average Bonchev–Trinajstić information content (AvgIpc) is 2.34. The molecule has 0 saturated heterocycles. The summed E-state index contributed by atoms with van der Waals surface area (Å²) in [7, 11) is 1.83. The number of aliphatic hydroxyl groups is 1. The number of benzene rings is 1. The number of aryl methyl sites for hydroxylation is 1. The Balaban J connectivity index is 2.49. The third-order valence-corrected chi connectivity index (χ3v) is 2.87. The molecular formula is C14H21NO2. The van der Waals surface area contributed by atoms with Crippen LogP contribution < -0.4 is 0 Å². The van der Waals surface area contributed by atoms with Crippen molar-refractivity contribution in [3.05, 3.63) is 35.4 Å². The number of hydrogen-bond acceptors (Lipinski definition) is 2. The zero-order valence-electron chi connectivity index (χ0n) is 10.6. The lowest BCUT2D eigenvalue weighted by molar-refractivity contribution is 0.0791. The molecule has 1 aromatic carbocycles. The molecule has 0 radical (unpaired) electrons. The van der Waals surface area contributed by atoms with E-state index in [0.29, 0.717) is 0 Å². The fourth-order valence-electron chi connectivity index (χ4n) is 1.76. The maximum absolute atomic E-state index is 12.1. The van der Waals surface area contributed by atoms with E-state index in [1.807, 2.05) is 38.2 Å². The van der Waals surface area contributed by atoms with Gasteiger partial charge in [-0.15, -0.1) is 0 Å². The summed E-state index contributed by atoms with van der Waals surface area (Å²) in [6.07, 6.45) is 2.71. The van der Waals surface area contributed by atoms with Gasteiger partial charge in [-0.2, -0.15) is 0 Å². The predicted molar refractivity (Wildman–Crippen MR) is 69.1 cm³/mol. The smallest absolute Gasteiger partial charge is 0.253 e. The van der Waals surface area contributed by atoms with Gasteiger partial charge in [-0.05, 0) is 37.8 Å². The Morgan fingerprint density at radius 3 is 2.59 bits per heavy atom. The highest BCUT2D eigenvalue weighted by Crippen LogP contribution is 2.10. The minimum Gasteiger partial charge on any atom is -0.396 e. The first-order valence-corrected chi connectivity index (χ1v) is 6.08. The van der Waals surface area contributed by atoms with Crippen molar-refractivity contribution < 1.29 is 9.90 Å². The third-order valence-electron chi connectivity index (χ3n) is 2.87. The van der Waals surface area contributed by atoms with Crippen LogP contribution in [0.2, 0.25) is 0 Å². The first-order valence-electron chi connectivity index (χ1n) is 6.08. The highest BCUT2D eigenvalue weighted by Gasteiger charge is 2.12. The molecule has 0 aliphatic rings. The fourth-order valence-corrected chi connectivity index (χ4v) is 1.76. The van der Waals surface area contributed by atoms with Crippen molar-refractivity contribution in [3.8, 4) is 0 Å². The third kappa shape index (κ3) is 4.19. The Morgan fingerprint density at radius 1 is 1.24 bits per heavy atom. The van der Waals surface area contributed by atoms with E-state index >= 15 is 0 Å². The first kappa shape index (κ1) is 13.7. The number of amides is 1. The van der Waals surface area contributed by atoms with Crippen LogP contribution in [-0.4, -0.2) is 36.1 Å². The van der Waals surface area contributed by atoms with Crippen LogP contribution in [0.5, 0.6) is 0 Å². The molecule has 3 nitrogen and oxygen atoms in total. The lowest BCUT2D eigenvalue weighted by Crippen LogP contribution is -2.28. The van der Waals surface area contributed by atoms with Crippen LogP contribution in [0.3, 0.4) is 0 Å². The number of aliphatic hydroxyl groups excluding tert-OH is 1. The van der Waals surface area contributed by atoms with E-state index in [2.05, 4.69) is 0 Å². The van der Waals surface area contributed by atoms with Crippen LogP contribution in [0.15, 0.2) is 24.3 Å². The number of nitrogens with zero attached hydrogens (tertiary/aromatic N) is 1. The summed E-state index contributed by atoms with van der Waals surface area (Å²) < 4.78 is 0. The normalized spacial score (nSPS) is 10.3. The van der Waals surface area contributed by atoms with Crippen LogP contribution in [0, 0.1) is 6.92 Å². The van der Waals surface area contributed by atoms with Crippen LogP contribution in [-0.2, 0) is 0 Å². The lowest BCUT2D eigenvalue weighted by atomic mass is 10.1. The van der Waals surface area contributed by atoms with E-state index in [9.17, 15) is 4.79 Å². The predicted octanol–water partition coefficient (Wildman–Crippen LogP) is 2.23. The van der Waals surface area contributed by atoms with Crippen molar-refractivity contribution in [2.45, 2.75) is 26.2 Å². The quantitative estimate of drug-likeness (QED) is 0.768. The van der Waals surface area contributed by atoms with Gasteiger partial charge in [-0.1, -0.05) is 18.2 Å². The summed E-state index contributed by atoms with van der Waals surface area (Å²) in [6, 6.07) is 7.64. The second kappa shape index (κ2) is 7.07. The van der Waals surface area contributed by atoms with E-state index in [4.69, 9.17) is 5.11 Å². The van der Waals surface area contributed by atoms with Crippen molar-refractivity contribution >= 4 is 5.91 Å². The van der Waals surface area contributed by atoms with E-state index in [0.717, 1.165) is 36.9 Å². The van der Waals surface area contributed by atoms with Crippen molar-refractivity contribution in [2.75, 3.05) is 20.2 Å². The van der Waals surface area contributed by atoms with E-state index < -0.39 is 0 Å². The zero-order valence-corrected chi connectivity index (χ0v) is 10.6. The maximum atomic E-state index is 12.1. The van der Waals surface area contributed by atoms with Crippen molar-refractivity contribution in [2.24, 2.45) is 0 Å². The molecule has 94 valence electrons. The van der Waals surface area contributed by atoms with E-state index in [1.54, 1.807) is 4.90 Å². The van der Waals surface area contributed by atoms with Gasteiger partial charge in [-0.25, -0.2) is 0 Å². The molecule has 1 amide bonds. The Labute approximate surface area is 103 Å². The van der Waals surface area contributed by atoms with Gasteiger partial charge in [0.15, 0.2) is 0 Å². The average molecular weight is 235 g/mol. The molecule has 0 bridgehead atoms. The molecular weight excluding hydrogens is 214 g/mol. The Kier molecular flexibility index (Phi) is 5.70. The molecule has 3 heteroatoms. The van der Waals surface area contributed by atoms with Gasteiger partial charge >= 0.3 is 0 Å². The molecule has 1 aromatic rings. The number of unbranched alkanes of at least 4 members (excludes halogenated alkanes) is 2. The number of carbonyl (C=O) groups is 1. The summed E-state index contributed by atoms with van der Waals surface area (Å²) in [5.74, 6) is 0.0760. The van der Waals surface area contributed by atoms with E-state index in [-0.39, 0.29) is 12.5 Å². The van der Waals surface area contributed by atoms with Gasteiger partial charge in [0.1, 0.15) is 0 Å². The van der Waals surface area contributed by atoms with Gasteiger partial charge in [0, 0.05) is 25.8 Å². The Morgan fingerprint density at radius 2 is 1.94 bits per heavy atom. The van der Waals surface area contributed by atoms with Crippen LogP contribution in [0.25, 0.3) is 0 Å². The molecule has 0 atom stereocenters. The monoisotopic (exact) mass is 235 g/mol. The molecule has 0 unspecified atom stereocenters. The fraction of sp³-hybridized carbons (Fsp3) is 0.500. The van der Waals surface area contributed by atoms with Crippen molar-refractivity contribution in [1.29, 1.82) is 0 Å². The molecule has 17 heavy (non-hydrogen) atoms. The standard InChI is InChI=1S/C14H21NO2/c1-12-8-4-5-9-13(12)14(17)15(2)10-6-3-7-11-16/h4-5,8-9,16H,3,6-7,10-11H2,1-2H3. The molecule has 0 aliphatic carbocycles. The summed E-state index contributed by atoms with van der Waals surface area (Å²) in [6.45, 7) is 2.93. The molecule has 0 heterocycles.